The average Bonchev–Trinajstić information content (AvgIpc) is 3.49. The van der Waals surface area contributed by atoms with Crippen LogP contribution in [0.15, 0.2) is 86.5 Å². The van der Waals surface area contributed by atoms with Crippen molar-refractivity contribution in [3.05, 3.63) is 124 Å². The molecule has 2 aromatic carbocycles. The van der Waals surface area contributed by atoms with Gasteiger partial charge in [0.1, 0.15) is 10.7 Å². The van der Waals surface area contributed by atoms with Crippen molar-refractivity contribution in [2.75, 3.05) is 6.61 Å². The standard InChI is InChI=1S/C26H18ClN3O6S/c1-2-35-25(32)21-22(15-6-4-3-5-7-15)28-26-29(23(21)16-8-10-17(27)11-9-16)24(31)19(37-26)14-18-12-13-20(36-18)30(33)34/h3-14,23H,2H2,1H3/b19-14-/t23-/m0/s1. The van der Waals surface area contributed by atoms with Crippen molar-refractivity contribution < 1.29 is 18.9 Å². The smallest absolute Gasteiger partial charge is 0.433 e. The highest BCUT2D eigenvalue weighted by Crippen LogP contribution is 2.35. The van der Waals surface area contributed by atoms with E-state index in [1.54, 1.807) is 31.2 Å². The van der Waals surface area contributed by atoms with E-state index >= 15 is 0 Å². The highest BCUT2D eigenvalue weighted by Gasteiger charge is 2.35. The number of nitro groups is 1. The number of nitrogens with zero attached hydrogens (tertiary/aromatic N) is 3. The summed E-state index contributed by atoms with van der Waals surface area (Å²) in [6.45, 7) is 1.84. The molecule has 0 saturated carbocycles. The Morgan fingerprint density at radius 3 is 2.57 bits per heavy atom. The lowest BCUT2D eigenvalue weighted by molar-refractivity contribution is -0.402. The molecule has 3 heterocycles. The summed E-state index contributed by atoms with van der Waals surface area (Å²) in [5.74, 6) is -0.886. The van der Waals surface area contributed by atoms with Crippen LogP contribution in [0.3, 0.4) is 0 Å². The molecule has 0 radical (unpaired) electrons. The van der Waals surface area contributed by atoms with Crippen LogP contribution in [0.5, 0.6) is 0 Å². The molecule has 0 aliphatic carbocycles. The van der Waals surface area contributed by atoms with Gasteiger partial charge in [-0.1, -0.05) is 65.4 Å². The van der Waals surface area contributed by atoms with Crippen LogP contribution in [0.4, 0.5) is 5.88 Å². The fourth-order valence-corrected chi connectivity index (χ4v) is 5.15. The minimum Gasteiger partial charge on any atom is -0.463 e. The largest absolute Gasteiger partial charge is 0.463 e. The highest BCUT2D eigenvalue weighted by atomic mass is 35.5. The second-order valence-corrected chi connectivity index (χ2v) is 9.36. The third kappa shape index (κ3) is 4.64. The van der Waals surface area contributed by atoms with E-state index in [0.29, 0.717) is 26.6 Å². The molecule has 1 aliphatic rings. The first kappa shape index (κ1) is 24.4. The van der Waals surface area contributed by atoms with Crippen molar-refractivity contribution in [2.45, 2.75) is 13.0 Å². The summed E-state index contributed by atoms with van der Waals surface area (Å²) in [4.78, 5) is 42.5. The lowest BCUT2D eigenvalue weighted by Crippen LogP contribution is -2.39. The summed E-state index contributed by atoms with van der Waals surface area (Å²) in [5, 5.41) is 11.5. The number of hydrogen-bond acceptors (Lipinski definition) is 8. The number of rotatable bonds is 6. The Morgan fingerprint density at radius 2 is 1.92 bits per heavy atom. The van der Waals surface area contributed by atoms with E-state index in [-0.39, 0.29) is 22.5 Å². The van der Waals surface area contributed by atoms with E-state index < -0.39 is 28.4 Å². The molecule has 37 heavy (non-hydrogen) atoms. The molecule has 5 rings (SSSR count). The SMILES string of the molecule is CCOC(=O)C1=C(c2ccccc2)N=c2s/c(=C\c3ccc([N+](=O)[O-])o3)c(=O)n2[C@H]1c1ccc(Cl)cc1. The quantitative estimate of drug-likeness (QED) is 0.208. The Kier molecular flexibility index (Phi) is 6.60. The fraction of sp³-hybridized carbons (Fsp3) is 0.115. The molecular formula is C26H18ClN3O6S. The van der Waals surface area contributed by atoms with Crippen LogP contribution in [0.25, 0.3) is 11.8 Å². The number of thiazole rings is 1. The Labute approximate surface area is 218 Å². The van der Waals surface area contributed by atoms with E-state index in [4.69, 9.17) is 25.7 Å². The highest BCUT2D eigenvalue weighted by molar-refractivity contribution is 7.07. The zero-order valence-corrected chi connectivity index (χ0v) is 20.9. The van der Waals surface area contributed by atoms with Gasteiger partial charge < -0.3 is 9.15 Å². The summed E-state index contributed by atoms with van der Waals surface area (Å²) in [5.41, 5.74) is 1.49. The maximum Gasteiger partial charge on any atom is 0.433 e. The average molecular weight is 536 g/mol. The molecular weight excluding hydrogens is 518 g/mol. The topological polar surface area (TPSA) is 117 Å². The van der Waals surface area contributed by atoms with Gasteiger partial charge in [0.15, 0.2) is 4.80 Å². The second-order valence-electron chi connectivity index (χ2n) is 7.92. The van der Waals surface area contributed by atoms with Crippen LogP contribution in [0.2, 0.25) is 5.02 Å². The van der Waals surface area contributed by atoms with Gasteiger partial charge in [-0.15, -0.1) is 0 Å². The number of furan rings is 1. The minimum atomic E-state index is -0.851. The first-order chi connectivity index (χ1) is 17.9. The third-order valence-electron chi connectivity index (χ3n) is 5.63. The molecule has 9 nitrogen and oxygen atoms in total. The molecule has 186 valence electrons. The zero-order chi connectivity index (χ0) is 26.1. The van der Waals surface area contributed by atoms with Gasteiger partial charge in [-0.2, -0.15) is 0 Å². The second kappa shape index (κ2) is 10.00. The number of carbonyl (C=O) groups is 1. The van der Waals surface area contributed by atoms with Gasteiger partial charge in [0.05, 0.1) is 34.5 Å². The minimum absolute atomic E-state index is 0.138. The Bertz CT molecular complexity index is 1720. The molecule has 11 heteroatoms. The van der Waals surface area contributed by atoms with Crippen molar-refractivity contribution in [1.29, 1.82) is 0 Å². The molecule has 0 spiro atoms. The number of hydrogen-bond donors (Lipinski definition) is 0. The van der Waals surface area contributed by atoms with Crippen LogP contribution in [0, 0.1) is 10.1 Å². The fourth-order valence-electron chi connectivity index (χ4n) is 4.05. The number of fused-ring (bicyclic) bond motifs is 1. The lowest BCUT2D eigenvalue weighted by atomic mass is 9.93. The Hall–Kier alpha value is -4.28. The number of ether oxygens (including phenoxy) is 1. The van der Waals surface area contributed by atoms with Gasteiger partial charge in [0, 0.05) is 16.7 Å². The van der Waals surface area contributed by atoms with E-state index in [9.17, 15) is 19.7 Å². The number of benzene rings is 2. The number of aromatic nitrogens is 1. The first-order valence-corrected chi connectivity index (χ1v) is 12.3. The monoisotopic (exact) mass is 535 g/mol. The van der Waals surface area contributed by atoms with Crippen molar-refractivity contribution >= 4 is 46.6 Å². The van der Waals surface area contributed by atoms with Crippen molar-refractivity contribution in [3.63, 3.8) is 0 Å². The first-order valence-electron chi connectivity index (χ1n) is 11.2. The number of halogens is 1. The van der Waals surface area contributed by atoms with Gasteiger partial charge in [-0.05, 0) is 30.7 Å². The third-order valence-corrected chi connectivity index (χ3v) is 6.86. The maximum atomic E-state index is 13.7. The molecule has 0 bridgehead atoms. The lowest BCUT2D eigenvalue weighted by Gasteiger charge is -2.25. The summed E-state index contributed by atoms with van der Waals surface area (Å²) in [7, 11) is 0. The predicted octanol–water partition coefficient (Wildman–Crippen LogP) is 4.09. The van der Waals surface area contributed by atoms with E-state index in [1.165, 1.54) is 22.8 Å². The maximum absolute atomic E-state index is 13.7. The molecule has 0 amide bonds. The van der Waals surface area contributed by atoms with Gasteiger partial charge in [0.25, 0.3) is 5.56 Å². The van der Waals surface area contributed by atoms with Crippen LogP contribution < -0.4 is 14.9 Å². The molecule has 0 unspecified atom stereocenters. The number of esters is 1. The molecule has 0 N–H and O–H groups in total. The van der Waals surface area contributed by atoms with Crippen molar-refractivity contribution in [3.8, 4) is 0 Å². The molecule has 0 saturated heterocycles. The summed E-state index contributed by atoms with van der Waals surface area (Å²) >= 11 is 7.21. The van der Waals surface area contributed by atoms with Crippen LogP contribution in [-0.4, -0.2) is 22.1 Å². The molecule has 2 aromatic heterocycles. The normalized spacial score (nSPS) is 15.3. The molecule has 4 aromatic rings. The molecule has 1 aliphatic heterocycles. The number of carbonyl (C=O) groups excluding carboxylic acids is 1. The zero-order valence-electron chi connectivity index (χ0n) is 19.3. The van der Waals surface area contributed by atoms with Gasteiger partial charge in [0.2, 0.25) is 0 Å². The van der Waals surface area contributed by atoms with Crippen LogP contribution in [0.1, 0.15) is 29.9 Å². The van der Waals surface area contributed by atoms with E-state index in [0.717, 1.165) is 11.3 Å². The van der Waals surface area contributed by atoms with Crippen molar-refractivity contribution in [1.82, 2.24) is 4.57 Å². The van der Waals surface area contributed by atoms with Gasteiger partial charge in [-0.25, -0.2) is 9.79 Å². The van der Waals surface area contributed by atoms with Crippen LogP contribution in [-0.2, 0) is 9.53 Å². The Morgan fingerprint density at radius 1 is 1.19 bits per heavy atom. The van der Waals surface area contributed by atoms with Gasteiger partial charge in [-0.3, -0.25) is 19.5 Å². The summed E-state index contributed by atoms with van der Waals surface area (Å²) in [6, 6.07) is 17.8. The van der Waals surface area contributed by atoms with E-state index in [2.05, 4.69) is 0 Å². The molecule has 1 atom stereocenters. The predicted molar refractivity (Wildman–Crippen MR) is 138 cm³/mol. The summed E-state index contributed by atoms with van der Waals surface area (Å²) in [6.07, 6.45) is 1.42. The van der Waals surface area contributed by atoms with Gasteiger partial charge >= 0.3 is 11.9 Å². The molecule has 0 fully saturated rings. The summed E-state index contributed by atoms with van der Waals surface area (Å²) < 4.78 is 12.3. The van der Waals surface area contributed by atoms with Crippen LogP contribution >= 0.6 is 22.9 Å². The van der Waals surface area contributed by atoms with E-state index in [1.807, 2.05) is 30.3 Å². The van der Waals surface area contributed by atoms with Crippen molar-refractivity contribution in [2.24, 2.45) is 4.99 Å². The Balaban J connectivity index is 1.80.